The Labute approximate surface area is 149 Å². The van der Waals surface area contributed by atoms with Gasteiger partial charge in [-0.25, -0.2) is 0 Å². The van der Waals surface area contributed by atoms with Gasteiger partial charge in [-0.1, -0.05) is 83.1 Å². The molecule has 0 aromatic rings. The molecule has 4 nitrogen and oxygen atoms in total. The van der Waals surface area contributed by atoms with E-state index in [2.05, 4.69) is 0 Å². The first-order chi connectivity index (χ1) is 10.1. The first-order valence-corrected chi connectivity index (χ1v) is 8.87. The summed E-state index contributed by atoms with van der Waals surface area (Å²) in [6, 6.07) is 0. The van der Waals surface area contributed by atoms with E-state index in [4.69, 9.17) is 0 Å². The maximum absolute atomic E-state index is 11.5. The second-order valence-electron chi connectivity index (χ2n) is 11.4. The zero-order chi connectivity index (χ0) is 20.2. The lowest BCUT2D eigenvalue weighted by Crippen LogP contribution is -2.72. The summed E-state index contributed by atoms with van der Waals surface area (Å²) in [5, 5.41) is 45.2. The molecule has 4 N–H and O–H groups in total. The zero-order valence-electron chi connectivity index (χ0n) is 17.9. The number of aliphatic hydroxyl groups is 4. The van der Waals surface area contributed by atoms with Crippen LogP contribution in [0.1, 0.15) is 83.1 Å². The SMILES string of the molecule is CC(C)(C)C(O)([C@H](O)[C@@H](O)C(O)(C(C)(C)C)C(C)(C)C)C(C)(C)C. The summed E-state index contributed by atoms with van der Waals surface area (Å²) in [6.45, 7) is 22.0. The first kappa shape index (κ1) is 23.8. The molecule has 0 amide bonds. The highest BCUT2D eigenvalue weighted by molar-refractivity contribution is 5.14. The van der Waals surface area contributed by atoms with E-state index in [1.165, 1.54) is 0 Å². The quantitative estimate of drug-likeness (QED) is 0.632. The molecule has 0 bridgehead atoms. The highest BCUT2D eigenvalue weighted by Crippen LogP contribution is 2.52. The molecule has 146 valence electrons. The maximum atomic E-state index is 11.5. The summed E-state index contributed by atoms with van der Waals surface area (Å²) >= 11 is 0. The van der Waals surface area contributed by atoms with E-state index in [9.17, 15) is 20.4 Å². The molecule has 0 aliphatic heterocycles. The van der Waals surface area contributed by atoms with Crippen molar-refractivity contribution in [3.8, 4) is 0 Å². The molecule has 0 rings (SSSR count). The number of hydrogen-bond donors (Lipinski definition) is 4. The molecule has 0 saturated carbocycles. The van der Waals surface area contributed by atoms with Crippen molar-refractivity contribution in [1.29, 1.82) is 0 Å². The molecule has 0 aliphatic rings. The summed E-state index contributed by atoms with van der Waals surface area (Å²) < 4.78 is 0. The Morgan fingerprint density at radius 3 is 0.625 bits per heavy atom. The van der Waals surface area contributed by atoms with Gasteiger partial charge in [0.1, 0.15) is 23.4 Å². The molecule has 0 saturated heterocycles. The van der Waals surface area contributed by atoms with Crippen molar-refractivity contribution in [3.05, 3.63) is 0 Å². The number of rotatable bonds is 3. The van der Waals surface area contributed by atoms with Gasteiger partial charge < -0.3 is 20.4 Å². The van der Waals surface area contributed by atoms with Crippen molar-refractivity contribution in [2.24, 2.45) is 21.7 Å². The predicted octanol–water partition coefficient (Wildman–Crippen LogP) is 3.35. The van der Waals surface area contributed by atoms with E-state index in [0.717, 1.165) is 0 Å². The highest BCUT2D eigenvalue weighted by Gasteiger charge is 2.63. The molecular weight excluding hydrogens is 304 g/mol. The lowest BCUT2D eigenvalue weighted by Gasteiger charge is -2.59. The second-order valence-corrected chi connectivity index (χ2v) is 11.4. The zero-order valence-corrected chi connectivity index (χ0v) is 17.9. The van der Waals surface area contributed by atoms with E-state index in [1.807, 2.05) is 83.1 Å². The average molecular weight is 347 g/mol. The van der Waals surface area contributed by atoms with Gasteiger partial charge in [0, 0.05) is 0 Å². The third-order valence-electron chi connectivity index (χ3n) is 5.73. The Morgan fingerprint density at radius 2 is 0.542 bits per heavy atom. The van der Waals surface area contributed by atoms with Crippen molar-refractivity contribution < 1.29 is 20.4 Å². The van der Waals surface area contributed by atoms with Gasteiger partial charge in [0.25, 0.3) is 0 Å². The van der Waals surface area contributed by atoms with Crippen molar-refractivity contribution in [3.63, 3.8) is 0 Å². The van der Waals surface area contributed by atoms with Crippen LogP contribution in [0, 0.1) is 21.7 Å². The van der Waals surface area contributed by atoms with Crippen LogP contribution in [0.3, 0.4) is 0 Å². The van der Waals surface area contributed by atoms with Crippen molar-refractivity contribution >= 4 is 0 Å². The highest BCUT2D eigenvalue weighted by atomic mass is 16.4. The van der Waals surface area contributed by atoms with Gasteiger partial charge in [0.2, 0.25) is 0 Å². The minimum atomic E-state index is -1.61. The Balaban J connectivity index is 6.41. The third-order valence-corrected chi connectivity index (χ3v) is 5.73. The van der Waals surface area contributed by atoms with Gasteiger partial charge in [0.15, 0.2) is 0 Å². The summed E-state index contributed by atoms with van der Waals surface area (Å²) in [4.78, 5) is 0. The number of hydrogen-bond acceptors (Lipinski definition) is 4. The van der Waals surface area contributed by atoms with Crippen LogP contribution in [0.5, 0.6) is 0 Å². The standard InChI is InChI=1S/C20H42O4/c1-15(2,3)19(23,16(4,5)6)13(21)14(22)20(24,17(7,8)9)18(10,11)12/h13-14,21-24H,1-12H3/t13-,14-/m1/s1. The predicted molar refractivity (Wildman–Crippen MR) is 99.7 cm³/mol. The van der Waals surface area contributed by atoms with E-state index >= 15 is 0 Å². The fourth-order valence-electron chi connectivity index (χ4n) is 4.48. The lowest BCUT2D eigenvalue weighted by atomic mass is 9.53. The molecule has 24 heavy (non-hydrogen) atoms. The van der Waals surface area contributed by atoms with E-state index < -0.39 is 45.1 Å². The molecule has 0 unspecified atom stereocenters. The monoisotopic (exact) mass is 346 g/mol. The Hall–Kier alpha value is -0.160. The van der Waals surface area contributed by atoms with Crippen LogP contribution in [0.25, 0.3) is 0 Å². The van der Waals surface area contributed by atoms with Gasteiger partial charge in [-0.2, -0.15) is 0 Å². The van der Waals surface area contributed by atoms with Gasteiger partial charge in [0.05, 0.1) is 0 Å². The molecular formula is C20H42O4. The van der Waals surface area contributed by atoms with Crippen LogP contribution in [0.2, 0.25) is 0 Å². The molecule has 0 fully saturated rings. The van der Waals surface area contributed by atoms with Gasteiger partial charge >= 0.3 is 0 Å². The summed E-state index contributed by atoms with van der Waals surface area (Å²) in [5.41, 5.74) is -6.04. The normalized spacial score (nSPS) is 18.5. The van der Waals surface area contributed by atoms with Crippen LogP contribution in [-0.2, 0) is 0 Å². The third kappa shape index (κ3) is 3.53. The largest absolute Gasteiger partial charge is 0.387 e. The van der Waals surface area contributed by atoms with Crippen molar-refractivity contribution in [2.45, 2.75) is 106 Å². The lowest BCUT2D eigenvalue weighted by molar-refractivity contribution is -0.284. The Morgan fingerprint density at radius 1 is 0.417 bits per heavy atom. The van der Waals surface area contributed by atoms with Crippen molar-refractivity contribution in [1.82, 2.24) is 0 Å². The number of aliphatic hydroxyl groups excluding tert-OH is 2. The molecule has 4 heteroatoms. The van der Waals surface area contributed by atoms with Gasteiger partial charge in [-0.3, -0.25) is 0 Å². The molecule has 0 aromatic carbocycles. The fourth-order valence-corrected chi connectivity index (χ4v) is 4.48. The Bertz CT molecular complexity index is 357. The van der Waals surface area contributed by atoms with E-state index in [1.54, 1.807) is 0 Å². The summed E-state index contributed by atoms with van der Waals surface area (Å²) in [5.74, 6) is 0. The minimum absolute atomic E-state index is 0.706. The first-order valence-electron chi connectivity index (χ1n) is 8.87. The second kappa shape index (κ2) is 6.22. The van der Waals surface area contributed by atoms with Crippen molar-refractivity contribution in [2.75, 3.05) is 0 Å². The Kier molecular flexibility index (Phi) is 6.18. The summed E-state index contributed by atoms with van der Waals surface area (Å²) in [6.07, 6.45) is -3.03. The summed E-state index contributed by atoms with van der Waals surface area (Å²) in [7, 11) is 0. The average Bonchev–Trinajstić information content (AvgIpc) is 2.29. The van der Waals surface area contributed by atoms with Crippen LogP contribution in [-0.4, -0.2) is 43.8 Å². The maximum Gasteiger partial charge on any atom is 0.112 e. The van der Waals surface area contributed by atoms with Gasteiger partial charge in [-0.05, 0) is 21.7 Å². The minimum Gasteiger partial charge on any atom is -0.387 e. The van der Waals surface area contributed by atoms with Crippen LogP contribution < -0.4 is 0 Å². The molecule has 0 spiro atoms. The molecule has 0 radical (unpaired) electrons. The topological polar surface area (TPSA) is 80.9 Å². The van der Waals surface area contributed by atoms with Crippen LogP contribution >= 0.6 is 0 Å². The van der Waals surface area contributed by atoms with E-state index in [-0.39, 0.29) is 0 Å². The fraction of sp³-hybridized carbons (Fsp3) is 1.00. The molecule has 2 atom stereocenters. The molecule has 0 aromatic heterocycles. The van der Waals surface area contributed by atoms with E-state index in [0.29, 0.717) is 0 Å². The van der Waals surface area contributed by atoms with Crippen LogP contribution in [0.15, 0.2) is 0 Å². The molecule has 0 aliphatic carbocycles. The smallest absolute Gasteiger partial charge is 0.112 e. The van der Waals surface area contributed by atoms with Gasteiger partial charge in [-0.15, -0.1) is 0 Å². The van der Waals surface area contributed by atoms with Crippen LogP contribution in [0.4, 0.5) is 0 Å². The molecule has 0 heterocycles.